The molecule has 0 spiro atoms. The van der Waals surface area contributed by atoms with Crippen molar-refractivity contribution in [3.05, 3.63) is 28.3 Å². The first-order valence-electron chi connectivity index (χ1n) is 6.91. The van der Waals surface area contributed by atoms with Crippen molar-refractivity contribution in [2.75, 3.05) is 11.6 Å². The summed E-state index contributed by atoms with van der Waals surface area (Å²) in [5, 5.41) is 8.15. The Hall–Kier alpha value is -1.40. The van der Waals surface area contributed by atoms with Crippen LogP contribution in [0.25, 0.3) is 0 Å². The highest BCUT2D eigenvalue weighted by atomic mass is 32.2. The van der Waals surface area contributed by atoms with E-state index in [1.807, 2.05) is 0 Å². The molecule has 0 heterocycles. The molecule has 0 radical (unpaired) electrons. The van der Waals surface area contributed by atoms with E-state index >= 15 is 0 Å². The molecule has 1 aromatic carbocycles. The van der Waals surface area contributed by atoms with E-state index in [0.29, 0.717) is 0 Å². The topological polar surface area (TPSA) is 84.6 Å². The van der Waals surface area contributed by atoms with Crippen LogP contribution in [0.3, 0.4) is 0 Å². The van der Waals surface area contributed by atoms with Gasteiger partial charge in [0.15, 0.2) is 0 Å². The van der Waals surface area contributed by atoms with E-state index in [1.165, 1.54) is 28.5 Å². The van der Waals surface area contributed by atoms with Gasteiger partial charge in [-0.2, -0.15) is 0 Å². The highest BCUT2D eigenvalue weighted by Crippen LogP contribution is 2.38. The summed E-state index contributed by atoms with van der Waals surface area (Å²) in [6, 6.07) is 1.69. The SMILES string of the molecule is C[S@](N)(=O)=NC(=O)Nc1c2c(cc3c1CCC3)CCC2. The predicted octanol–water partition coefficient (Wildman–Crippen LogP) is 2.17. The molecule has 3 N–H and O–H groups in total. The number of hydrogen-bond acceptors (Lipinski definition) is 2. The molecular formula is C14H19N3O2S. The Morgan fingerprint density at radius 2 is 1.75 bits per heavy atom. The smallest absolute Gasteiger partial charge is 0.305 e. The number of nitrogens with zero attached hydrogens (tertiary/aromatic N) is 1. The van der Waals surface area contributed by atoms with Crippen molar-refractivity contribution >= 4 is 21.6 Å². The lowest BCUT2D eigenvalue weighted by Crippen LogP contribution is -2.17. The van der Waals surface area contributed by atoms with Crippen LogP contribution < -0.4 is 10.5 Å². The summed E-state index contributed by atoms with van der Waals surface area (Å²) >= 11 is 0. The molecule has 20 heavy (non-hydrogen) atoms. The summed E-state index contributed by atoms with van der Waals surface area (Å²) in [5.74, 6) is 0. The van der Waals surface area contributed by atoms with Crippen LogP contribution in [0.15, 0.2) is 10.4 Å². The van der Waals surface area contributed by atoms with Gasteiger partial charge in [-0.1, -0.05) is 6.07 Å². The van der Waals surface area contributed by atoms with Gasteiger partial charge in [-0.25, -0.2) is 14.1 Å². The zero-order chi connectivity index (χ0) is 14.3. The molecular weight excluding hydrogens is 274 g/mol. The molecule has 5 nitrogen and oxygen atoms in total. The van der Waals surface area contributed by atoms with E-state index in [9.17, 15) is 9.00 Å². The summed E-state index contributed by atoms with van der Waals surface area (Å²) in [7, 11) is -2.91. The average Bonchev–Trinajstić information content (AvgIpc) is 2.93. The molecule has 2 amide bonds. The highest BCUT2D eigenvalue weighted by molar-refractivity contribution is 7.91. The van der Waals surface area contributed by atoms with Crippen LogP contribution in [-0.4, -0.2) is 16.5 Å². The highest BCUT2D eigenvalue weighted by Gasteiger charge is 2.24. The zero-order valence-corrected chi connectivity index (χ0v) is 12.4. The average molecular weight is 293 g/mol. The third kappa shape index (κ3) is 2.58. The van der Waals surface area contributed by atoms with Crippen LogP contribution in [0.2, 0.25) is 0 Å². The fourth-order valence-electron chi connectivity index (χ4n) is 3.26. The maximum absolute atomic E-state index is 11.9. The number of anilines is 1. The molecule has 0 unspecified atom stereocenters. The van der Waals surface area contributed by atoms with E-state index in [2.05, 4.69) is 15.7 Å². The minimum atomic E-state index is -2.91. The van der Waals surface area contributed by atoms with Gasteiger partial charge in [0.25, 0.3) is 0 Å². The van der Waals surface area contributed by atoms with E-state index in [4.69, 9.17) is 5.14 Å². The zero-order valence-electron chi connectivity index (χ0n) is 11.6. The van der Waals surface area contributed by atoms with Gasteiger partial charge in [0.2, 0.25) is 0 Å². The summed E-state index contributed by atoms with van der Waals surface area (Å²) in [4.78, 5) is 11.9. The molecule has 1 aromatic rings. The Labute approximate surface area is 119 Å². The van der Waals surface area contributed by atoms with E-state index < -0.39 is 15.9 Å². The van der Waals surface area contributed by atoms with Crippen molar-refractivity contribution in [1.29, 1.82) is 0 Å². The van der Waals surface area contributed by atoms with Crippen LogP contribution in [-0.2, 0) is 35.6 Å². The number of nitrogens with two attached hydrogens (primary N) is 1. The molecule has 108 valence electrons. The largest absolute Gasteiger partial charge is 0.354 e. The monoisotopic (exact) mass is 293 g/mol. The Morgan fingerprint density at radius 3 is 2.25 bits per heavy atom. The molecule has 0 fully saturated rings. The third-order valence-corrected chi connectivity index (χ3v) is 4.50. The number of nitrogens with one attached hydrogen (secondary N) is 1. The van der Waals surface area contributed by atoms with Crippen molar-refractivity contribution in [3.63, 3.8) is 0 Å². The molecule has 0 saturated heterocycles. The minimum absolute atomic E-state index is 0.602. The molecule has 2 aliphatic rings. The minimum Gasteiger partial charge on any atom is -0.305 e. The van der Waals surface area contributed by atoms with Crippen LogP contribution in [0.5, 0.6) is 0 Å². The summed E-state index contributed by atoms with van der Waals surface area (Å²) in [5.41, 5.74) is 6.05. The Balaban J connectivity index is 2.02. The number of amides is 2. The first-order chi connectivity index (χ1) is 9.44. The van der Waals surface area contributed by atoms with Gasteiger partial charge >= 0.3 is 6.03 Å². The number of carbonyl (C=O) groups is 1. The number of rotatable bonds is 1. The van der Waals surface area contributed by atoms with Gasteiger partial charge in [-0.05, 0) is 60.8 Å². The van der Waals surface area contributed by atoms with Crippen molar-refractivity contribution < 1.29 is 9.00 Å². The quantitative estimate of drug-likeness (QED) is 0.831. The van der Waals surface area contributed by atoms with Crippen molar-refractivity contribution in [3.8, 4) is 0 Å². The second-order valence-corrected chi connectivity index (χ2v) is 7.52. The Morgan fingerprint density at radius 1 is 1.20 bits per heavy atom. The van der Waals surface area contributed by atoms with Gasteiger partial charge < -0.3 is 5.32 Å². The Bertz CT molecular complexity index is 663. The normalized spacial score (nSPS) is 19.1. The second kappa shape index (κ2) is 4.86. The predicted molar refractivity (Wildman–Crippen MR) is 80.2 cm³/mol. The van der Waals surface area contributed by atoms with Crippen LogP contribution in [0.4, 0.5) is 10.5 Å². The first kappa shape index (κ1) is 13.6. The van der Waals surface area contributed by atoms with E-state index in [-0.39, 0.29) is 0 Å². The maximum atomic E-state index is 11.9. The molecule has 6 heteroatoms. The second-order valence-electron chi connectivity index (χ2n) is 5.62. The summed E-state index contributed by atoms with van der Waals surface area (Å²) in [6.07, 6.45) is 7.63. The molecule has 0 aromatic heterocycles. The van der Waals surface area contributed by atoms with Crippen molar-refractivity contribution in [2.24, 2.45) is 9.50 Å². The van der Waals surface area contributed by atoms with Gasteiger partial charge in [0, 0.05) is 11.9 Å². The fourth-order valence-corrected chi connectivity index (χ4v) is 3.64. The third-order valence-electron chi connectivity index (χ3n) is 3.97. The first-order valence-corrected chi connectivity index (χ1v) is 8.90. The molecule has 1 atom stereocenters. The van der Waals surface area contributed by atoms with Gasteiger partial charge in [0.05, 0.1) is 0 Å². The summed E-state index contributed by atoms with van der Waals surface area (Å²) in [6.45, 7) is 0. The van der Waals surface area contributed by atoms with Gasteiger partial charge in [-0.3, -0.25) is 0 Å². The fraction of sp³-hybridized carbons (Fsp3) is 0.500. The van der Waals surface area contributed by atoms with Crippen molar-refractivity contribution in [2.45, 2.75) is 38.5 Å². The maximum Gasteiger partial charge on any atom is 0.354 e. The molecule has 0 saturated carbocycles. The number of fused-ring (bicyclic) bond motifs is 2. The standard InChI is InChI=1S/C14H19N3O2S/c1-20(15,19)17-14(18)16-13-11-6-2-4-9(11)8-10-5-3-7-12(10)13/h8H,2-7H2,1H3,(H3,15,16,17,18,19)/t20-/m1/s1. The Kier molecular flexibility index (Phi) is 3.30. The van der Waals surface area contributed by atoms with Crippen LogP contribution in [0, 0.1) is 0 Å². The van der Waals surface area contributed by atoms with E-state index in [0.717, 1.165) is 44.2 Å². The van der Waals surface area contributed by atoms with Crippen molar-refractivity contribution in [1.82, 2.24) is 0 Å². The number of carbonyl (C=O) groups excluding carboxylic acids is 1. The number of aryl methyl sites for hydroxylation is 2. The van der Waals surface area contributed by atoms with Gasteiger partial charge in [0.1, 0.15) is 9.92 Å². The lowest BCUT2D eigenvalue weighted by Gasteiger charge is -2.14. The molecule has 3 rings (SSSR count). The number of hydrogen-bond donors (Lipinski definition) is 2. The lowest BCUT2D eigenvalue weighted by atomic mass is 9.99. The van der Waals surface area contributed by atoms with Crippen LogP contribution in [0.1, 0.15) is 35.1 Å². The molecule has 2 aliphatic carbocycles. The summed E-state index contributed by atoms with van der Waals surface area (Å²) < 4.78 is 14.9. The van der Waals surface area contributed by atoms with E-state index in [1.54, 1.807) is 0 Å². The van der Waals surface area contributed by atoms with Gasteiger partial charge in [-0.15, -0.1) is 4.36 Å². The van der Waals surface area contributed by atoms with Crippen LogP contribution >= 0.6 is 0 Å². The number of benzene rings is 1. The molecule has 0 bridgehead atoms. The lowest BCUT2D eigenvalue weighted by molar-refractivity contribution is 0.260. The number of urea groups is 1. The molecule has 0 aliphatic heterocycles.